The van der Waals surface area contributed by atoms with E-state index in [-0.39, 0.29) is 17.9 Å². The fourth-order valence-electron chi connectivity index (χ4n) is 3.51. The summed E-state index contributed by atoms with van der Waals surface area (Å²) in [6.07, 6.45) is 4.50. The van der Waals surface area contributed by atoms with Crippen molar-refractivity contribution in [2.75, 3.05) is 13.1 Å². The molecule has 0 atom stereocenters. The Hall–Kier alpha value is -2.56. The minimum Gasteiger partial charge on any atom is -0.459 e. The van der Waals surface area contributed by atoms with Gasteiger partial charge in [0.15, 0.2) is 5.76 Å². The fraction of sp³-hybridized carbons (Fsp3) is 0.455. The number of benzene rings is 1. The van der Waals surface area contributed by atoms with Crippen molar-refractivity contribution >= 4 is 11.8 Å². The SMILES string of the molecule is CC(C)Cc1ccc(CC(=O)NC2CCN(C(=O)c3ccco3)CC2)cc1. The number of carbonyl (C=O) groups is 2. The van der Waals surface area contributed by atoms with Crippen LogP contribution in [0.5, 0.6) is 0 Å². The Balaban J connectivity index is 1.43. The summed E-state index contributed by atoms with van der Waals surface area (Å²) in [6.45, 7) is 5.67. The number of furan rings is 1. The molecule has 1 aromatic heterocycles. The third kappa shape index (κ3) is 5.46. The molecule has 0 radical (unpaired) electrons. The molecule has 144 valence electrons. The predicted molar refractivity (Wildman–Crippen MR) is 104 cm³/mol. The van der Waals surface area contributed by atoms with Crippen LogP contribution in [0, 0.1) is 5.92 Å². The highest BCUT2D eigenvalue weighted by Gasteiger charge is 2.25. The highest BCUT2D eigenvalue weighted by molar-refractivity contribution is 5.91. The third-order valence-corrected chi connectivity index (χ3v) is 4.91. The maximum absolute atomic E-state index is 12.3. The third-order valence-electron chi connectivity index (χ3n) is 4.91. The van der Waals surface area contributed by atoms with E-state index < -0.39 is 0 Å². The molecule has 1 aliphatic heterocycles. The van der Waals surface area contributed by atoms with Crippen molar-refractivity contribution in [2.24, 2.45) is 5.92 Å². The summed E-state index contributed by atoms with van der Waals surface area (Å²) in [7, 11) is 0. The lowest BCUT2D eigenvalue weighted by Crippen LogP contribution is -2.46. The van der Waals surface area contributed by atoms with E-state index in [1.165, 1.54) is 11.8 Å². The van der Waals surface area contributed by atoms with Gasteiger partial charge in [0, 0.05) is 19.1 Å². The van der Waals surface area contributed by atoms with E-state index in [1.54, 1.807) is 17.0 Å². The average Bonchev–Trinajstić information content (AvgIpc) is 3.18. The second-order valence-corrected chi connectivity index (χ2v) is 7.70. The lowest BCUT2D eigenvalue weighted by Gasteiger charge is -2.31. The number of rotatable bonds is 6. The van der Waals surface area contributed by atoms with E-state index in [0.29, 0.717) is 31.2 Å². The van der Waals surface area contributed by atoms with Gasteiger partial charge in [0.2, 0.25) is 5.91 Å². The molecule has 1 saturated heterocycles. The zero-order valence-corrected chi connectivity index (χ0v) is 16.1. The van der Waals surface area contributed by atoms with Crippen molar-refractivity contribution in [3.05, 3.63) is 59.5 Å². The summed E-state index contributed by atoms with van der Waals surface area (Å²) >= 11 is 0. The van der Waals surface area contributed by atoms with Crippen LogP contribution in [0.4, 0.5) is 0 Å². The van der Waals surface area contributed by atoms with Gasteiger partial charge in [0.25, 0.3) is 5.91 Å². The second kappa shape index (κ2) is 8.89. The van der Waals surface area contributed by atoms with Gasteiger partial charge in [-0.2, -0.15) is 0 Å². The number of likely N-dealkylation sites (tertiary alicyclic amines) is 1. The number of amides is 2. The summed E-state index contributed by atoms with van der Waals surface area (Å²) in [4.78, 5) is 26.4. The minimum atomic E-state index is -0.0775. The summed E-state index contributed by atoms with van der Waals surface area (Å²) in [5.74, 6) is 0.969. The summed E-state index contributed by atoms with van der Waals surface area (Å²) in [6, 6.07) is 11.8. The monoisotopic (exact) mass is 368 g/mol. The Bertz CT molecular complexity index is 742. The zero-order valence-electron chi connectivity index (χ0n) is 16.1. The lowest BCUT2D eigenvalue weighted by molar-refractivity contribution is -0.121. The first-order chi connectivity index (χ1) is 13.0. The topological polar surface area (TPSA) is 62.6 Å². The molecule has 1 aliphatic rings. The van der Waals surface area contributed by atoms with E-state index in [2.05, 4.69) is 31.3 Å². The van der Waals surface area contributed by atoms with Crippen LogP contribution in [0.15, 0.2) is 47.1 Å². The molecule has 0 spiro atoms. The fourth-order valence-corrected chi connectivity index (χ4v) is 3.51. The van der Waals surface area contributed by atoms with Gasteiger partial charge in [-0.15, -0.1) is 0 Å². The van der Waals surface area contributed by atoms with E-state index in [4.69, 9.17) is 4.42 Å². The molecule has 0 bridgehead atoms. The normalized spacial score (nSPS) is 15.1. The van der Waals surface area contributed by atoms with Gasteiger partial charge < -0.3 is 14.6 Å². The highest BCUT2D eigenvalue weighted by atomic mass is 16.3. The van der Waals surface area contributed by atoms with Crippen molar-refractivity contribution in [2.45, 2.75) is 45.6 Å². The first-order valence-corrected chi connectivity index (χ1v) is 9.71. The van der Waals surface area contributed by atoms with E-state index in [0.717, 1.165) is 24.8 Å². The molecule has 0 saturated carbocycles. The maximum atomic E-state index is 12.3. The smallest absolute Gasteiger partial charge is 0.289 e. The number of nitrogens with one attached hydrogen (secondary N) is 1. The average molecular weight is 368 g/mol. The molecule has 1 fully saturated rings. The van der Waals surface area contributed by atoms with Gasteiger partial charge >= 0.3 is 0 Å². The minimum absolute atomic E-state index is 0.0439. The van der Waals surface area contributed by atoms with Crippen molar-refractivity contribution in [1.29, 1.82) is 0 Å². The largest absolute Gasteiger partial charge is 0.459 e. The molecule has 2 aromatic rings. The van der Waals surface area contributed by atoms with Gasteiger partial charge in [-0.05, 0) is 48.4 Å². The van der Waals surface area contributed by atoms with E-state index >= 15 is 0 Å². The molecular weight excluding hydrogens is 340 g/mol. The lowest BCUT2D eigenvalue weighted by atomic mass is 10.0. The number of carbonyl (C=O) groups excluding carboxylic acids is 2. The van der Waals surface area contributed by atoms with Crippen LogP contribution in [0.3, 0.4) is 0 Å². The number of nitrogens with zero attached hydrogens (tertiary/aromatic N) is 1. The van der Waals surface area contributed by atoms with Crippen molar-refractivity contribution in [3.63, 3.8) is 0 Å². The van der Waals surface area contributed by atoms with Gasteiger partial charge in [-0.25, -0.2) is 0 Å². The van der Waals surface area contributed by atoms with Crippen LogP contribution >= 0.6 is 0 Å². The predicted octanol–water partition coefficient (Wildman–Crippen LogP) is 3.44. The van der Waals surface area contributed by atoms with Crippen LogP contribution in [-0.2, 0) is 17.6 Å². The molecule has 2 amide bonds. The Morgan fingerprint density at radius 1 is 1.11 bits per heavy atom. The Morgan fingerprint density at radius 3 is 2.37 bits per heavy atom. The van der Waals surface area contributed by atoms with Gasteiger partial charge in [0.05, 0.1) is 12.7 Å². The maximum Gasteiger partial charge on any atom is 0.289 e. The molecule has 5 heteroatoms. The standard InChI is InChI=1S/C22H28N2O3/c1-16(2)14-17-5-7-18(8-6-17)15-21(25)23-19-9-11-24(12-10-19)22(26)20-4-3-13-27-20/h3-8,13,16,19H,9-12,14-15H2,1-2H3,(H,23,25). The summed E-state index contributed by atoms with van der Waals surface area (Å²) < 4.78 is 5.17. The van der Waals surface area contributed by atoms with Crippen LogP contribution in [0.1, 0.15) is 48.4 Å². The highest BCUT2D eigenvalue weighted by Crippen LogP contribution is 2.15. The first kappa shape index (κ1) is 19.2. The van der Waals surface area contributed by atoms with Crippen molar-refractivity contribution < 1.29 is 14.0 Å². The molecule has 2 heterocycles. The number of piperidine rings is 1. The van der Waals surface area contributed by atoms with Gasteiger partial charge in [-0.3, -0.25) is 9.59 Å². The van der Waals surface area contributed by atoms with Gasteiger partial charge in [-0.1, -0.05) is 38.1 Å². The molecule has 27 heavy (non-hydrogen) atoms. The van der Waals surface area contributed by atoms with E-state index in [9.17, 15) is 9.59 Å². The van der Waals surface area contributed by atoms with Crippen molar-refractivity contribution in [3.8, 4) is 0 Å². The molecular formula is C22H28N2O3. The number of hydrogen-bond donors (Lipinski definition) is 1. The van der Waals surface area contributed by atoms with Crippen LogP contribution < -0.4 is 5.32 Å². The summed E-state index contributed by atoms with van der Waals surface area (Å²) in [5, 5.41) is 3.11. The second-order valence-electron chi connectivity index (χ2n) is 7.70. The summed E-state index contributed by atoms with van der Waals surface area (Å²) in [5.41, 5.74) is 2.34. The van der Waals surface area contributed by atoms with Crippen molar-refractivity contribution in [1.82, 2.24) is 10.2 Å². The molecule has 3 rings (SSSR count). The Labute approximate surface area is 160 Å². The number of hydrogen-bond acceptors (Lipinski definition) is 3. The molecule has 0 unspecified atom stereocenters. The van der Waals surface area contributed by atoms with Crippen LogP contribution in [0.2, 0.25) is 0 Å². The molecule has 1 aromatic carbocycles. The van der Waals surface area contributed by atoms with Gasteiger partial charge in [0.1, 0.15) is 0 Å². The molecule has 0 aliphatic carbocycles. The molecule has 5 nitrogen and oxygen atoms in total. The zero-order chi connectivity index (χ0) is 19.2. The van der Waals surface area contributed by atoms with E-state index in [1.807, 2.05) is 12.1 Å². The van der Waals surface area contributed by atoms with Crippen LogP contribution in [-0.4, -0.2) is 35.8 Å². The molecule has 1 N–H and O–H groups in total. The van der Waals surface area contributed by atoms with Crippen LogP contribution in [0.25, 0.3) is 0 Å². The quantitative estimate of drug-likeness (QED) is 0.849. The Morgan fingerprint density at radius 2 is 1.78 bits per heavy atom. The first-order valence-electron chi connectivity index (χ1n) is 9.71. The Kier molecular flexibility index (Phi) is 6.32.